The van der Waals surface area contributed by atoms with Gasteiger partial charge in [0.15, 0.2) is 10.6 Å². The van der Waals surface area contributed by atoms with Crippen LogP contribution in [0.3, 0.4) is 0 Å². The summed E-state index contributed by atoms with van der Waals surface area (Å²) < 4.78 is 12.8. The maximum atomic E-state index is 5.44. The molecule has 1 N–H and O–H groups in total. The lowest BCUT2D eigenvalue weighted by Gasteiger charge is -2.07. The molecule has 0 amide bonds. The van der Waals surface area contributed by atoms with E-state index < -0.39 is 0 Å². The minimum absolute atomic E-state index is 0.553. The zero-order valence-electron chi connectivity index (χ0n) is 10.7. The maximum absolute atomic E-state index is 5.44. The van der Waals surface area contributed by atoms with Crippen LogP contribution in [0.25, 0.3) is 11.5 Å². The van der Waals surface area contributed by atoms with Gasteiger partial charge in [0.1, 0.15) is 5.69 Å². The van der Waals surface area contributed by atoms with Crippen molar-refractivity contribution in [3.8, 4) is 11.5 Å². The summed E-state index contributed by atoms with van der Waals surface area (Å²) >= 11 is 5.21. The van der Waals surface area contributed by atoms with Crippen LogP contribution >= 0.6 is 12.2 Å². The molecule has 0 aliphatic heterocycles. The molecule has 7 heteroatoms. The molecule has 0 aromatic carbocycles. The molecule has 0 spiro atoms. The van der Waals surface area contributed by atoms with Crippen LogP contribution in [0.15, 0.2) is 24.4 Å². The third-order valence-electron chi connectivity index (χ3n) is 2.54. The molecule has 0 fully saturated rings. The molecular weight excluding hydrogens is 264 g/mol. The van der Waals surface area contributed by atoms with Crippen LogP contribution in [0.2, 0.25) is 0 Å². The normalized spacial score (nSPS) is 10.8. The van der Waals surface area contributed by atoms with Crippen LogP contribution in [-0.4, -0.2) is 46.7 Å². The zero-order chi connectivity index (χ0) is 13.5. The second-order valence-corrected chi connectivity index (χ2v) is 4.21. The van der Waals surface area contributed by atoms with E-state index in [0.717, 1.165) is 11.5 Å². The average molecular weight is 280 g/mol. The Morgan fingerprint density at radius 2 is 2.21 bits per heavy atom. The zero-order valence-corrected chi connectivity index (χ0v) is 11.5. The van der Waals surface area contributed by atoms with E-state index in [1.54, 1.807) is 13.3 Å². The predicted molar refractivity (Wildman–Crippen MR) is 73.3 cm³/mol. The van der Waals surface area contributed by atoms with E-state index in [0.29, 0.717) is 31.1 Å². The number of methoxy groups -OCH3 is 1. The van der Waals surface area contributed by atoms with Crippen molar-refractivity contribution in [2.45, 2.75) is 6.54 Å². The number of hydrogen-bond donors (Lipinski definition) is 1. The van der Waals surface area contributed by atoms with Crippen molar-refractivity contribution >= 4 is 12.2 Å². The second kappa shape index (κ2) is 7.13. The molecule has 0 aliphatic carbocycles. The Bertz CT molecular complexity index is 552. The van der Waals surface area contributed by atoms with Crippen molar-refractivity contribution in [3.05, 3.63) is 29.2 Å². The molecule has 0 bridgehead atoms. The first kappa shape index (κ1) is 13.9. The highest BCUT2D eigenvalue weighted by Gasteiger charge is 2.09. The molecule has 0 saturated heterocycles. The monoisotopic (exact) mass is 280 g/mol. The van der Waals surface area contributed by atoms with Crippen LogP contribution in [0.4, 0.5) is 0 Å². The van der Waals surface area contributed by atoms with Gasteiger partial charge in [0, 0.05) is 13.3 Å². The molecule has 0 atom stereocenters. The molecular formula is C12H16N4O2S. The Hall–Kier alpha value is -1.57. The smallest absolute Gasteiger partial charge is 0.195 e. The van der Waals surface area contributed by atoms with Crippen LogP contribution in [-0.2, 0) is 16.0 Å². The first-order valence-electron chi connectivity index (χ1n) is 5.96. The van der Waals surface area contributed by atoms with Gasteiger partial charge in [-0.2, -0.15) is 5.10 Å². The van der Waals surface area contributed by atoms with Gasteiger partial charge in [0.05, 0.1) is 26.4 Å². The van der Waals surface area contributed by atoms with Crippen molar-refractivity contribution in [2.24, 2.45) is 0 Å². The van der Waals surface area contributed by atoms with Crippen molar-refractivity contribution in [3.63, 3.8) is 0 Å². The first-order chi connectivity index (χ1) is 9.33. The number of aromatic amines is 1. The summed E-state index contributed by atoms with van der Waals surface area (Å²) in [5.74, 6) is 0.723. The standard InChI is InChI=1S/C12H16N4O2S/c1-17-8-9-18-7-6-16-11(14-15-12(16)19)10-4-2-3-5-13-10/h2-5H,6-9H2,1H3,(H,15,19). The summed E-state index contributed by atoms with van der Waals surface area (Å²) in [5.41, 5.74) is 0.784. The van der Waals surface area contributed by atoms with Gasteiger partial charge in [-0.05, 0) is 24.4 Å². The molecule has 2 rings (SSSR count). The molecule has 2 aromatic rings. The number of hydrogen-bond acceptors (Lipinski definition) is 5. The molecule has 6 nitrogen and oxygen atoms in total. The molecule has 102 valence electrons. The number of nitrogens with one attached hydrogen (secondary N) is 1. The molecule has 2 aromatic heterocycles. The third kappa shape index (κ3) is 3.69. The molecule has 0 aliphatic rings. The van der Waals surface area contributed by atoms with Gasteiger partial charge in [-0.15, -0.1) is 0 Å². The van der Waals surface area contributed by atoms with Crippen LogP contribution in [0.5, 0.6) is 0 Å². The predicted octanol–water partition coefficient (Wildman–Crippen LogP) is 1.67. The van der Waals surface area contributed by atoms with Crippen molar-refractivity contribution < 1.29 is 9.47 Å². The lowest BCUT2D eigenvalue weighted by molar-refractivity contribution is 0.0666. The molecule has 0 saturated carbocycles. The Balaban J connectivity index is 2.04. The van der Waals surface area contributed by atoms with E-state index in [1.807, 2.05) is 22.8 Å². The van der Waals surface area contributed by atoms with Gasteiger partial charge >= 0.3 is 0 Å². The van der Waals surface area contributed by atoms with Crippen molar-refractivity contribution in [2.75, 3.05) is 26.9 Å². The van der Waals surface area contributed by atoms with E-state index in [1.165, 1.54) is 0 Å². The van der Waals surface area contributed by atoms with Crippen LogP contribution in [0, 0.1) is 4.77 Å². The third-order valence-corrected chi connectivity index (χ3v) is 2.85. The van der Waals surface area contributed by atoms with Crippen LogP contribution < -0.4 is 0 Å². The number of ether oxygens (including phenoxy) is 2. The summed E-state index contributed by atoms with van der Waals surface area (Å²) in [4.78, 5) is 4.27. The van der Waals surface area contributed by atoms with Gasteiger partial charge in [0.25, 0.3) is 0 Å². The summed E-state index contributed by atoms with van der Waals surface area (Å²) in [5, 5.41) is 6.99. The lowest BCUT2D eigenvalue weighted by atomic mass is 10.3. The molecule has 0 unspecified atom stereocenters. The fraction of sp³-hybridized carbons (Fsp3) is 0.417. The van der Waals surface area contributed by atoms with E-state index in [2.05, 4.69) is 15.2 Å². The first-order valence-corrected chi connectivity index (χ1v) is 6.37. The minimum atomic E-state index is 0.553. The van der Waals surface area contributed by atoms with Gasteiger partial charge < -0.3 is 9.47 Å². The Labute approximate surface area is 116 Å². The Morgan fingerprint density at radius 1 is 1.32 bits per heavy atom. The van der Waals surface area contributed by atoms with E-state index >= 15 is 0 Å². The fourth-order valence-corrected chi connectivity index (χ4v) is 1.84. The average Bonchev–Trinajstić information content (AvgIpc) is 2.81. The summed E-state index contributed by atoms with van der Waals surface area (Å²) in [6.45, 7) is 2.34. The van der Waals surface area contributed by atoms with Gasteiger partial charge in [-0.25, -0.2) is 0 Å². The topological polar surface area (TPSA) is 65.0 Å². The number of H-pyrrole nitrogens is 1. The van der Waals surface area contributed by atoms with Gasteiger partial charge in [-0.3, -0.25) is 14.6 Å². The highest BCUT2D eigenvalue weighted by molar-refractivity contribution is 7.71. The van der Waals surface area contributed by atoms with E-state index in [4.69, 9.17) is 21.7 Å². The summed E-state index contributed by atoms with van der Waals surface area (Å²) in [6.07, 6.45) is 1.73. The van der Waals surface area contributed by atoms with Crippen LogP contribution in [0.1, 0.15) is 0 Å². The van der Waals surface area contributed by atoms with Gasteiger partial charge in [0.2, 0.25) is 0 Å². The number of rotatable bonds is 7. The minimum Gasteiger partial charge on any atom is -0.382 e. The Kier molecular flexibility index (Phi) is 5.20. The van der Waals surface area contributed by atoms with E-state index in [9.17, 15) is 0 Å². The fourth-order valence-electron chi connectivity index (χ4n) is 1.62. The lowest BCUT2D eigenvalue weighted by Crippen LogP contribution is -2.10. The quantitative estimate of drug-likeness (QED) is 0.617. The molecule has 0 radical (unpaired) electrons. The maximum Gasteiger partial charge on any atom is 0.195 e. The second-order valence-electron chi connectivity index (χ2n) is 3.82. The highest BCUT2D eigenvalue weighted by atomic mass is 32.1. The SMILES string of the molecule is COCCOCCn1c(-c2ccccn2)n[nH]c1=S. The van der Waals surface area contributed by atoms with Crippen molar-refractivity contribution in [1.29, 1.82) is 0 Å². The molecule has 2 heterocycles. The van der Waals surface area contributed by atoms with Crippen molar-refractivity contribution in [1.82, 2.24) is 19.7 Å². The largest absolute Gasteiger partial charge is 0.382 e. The number of aromatic nitrogens is 4. The number of nitrogens with zero attached hydrogens (tertiary/aromatic N) is 3. The van der Waals surface area contributed by atoms with Gasteiger partial charge in [-0.1, -0.05) is 6.07 Å². The summed E-state index contributed by atoms with van der Waals surface area (Å²) in [6, 6.07) is 5.68. The van der Waals surface area contributed by atoms with E-state index in [-0.39, 0.29) is 0 Å². The number of pyridine rings is 1. The highest BCUT2D eigenvalue weighted by Crippen LogP contribution is 2.13. The summed E-state index contributed by atoms with van der Waals surface area (Å²) in [7, 11) is 1.65. The Morgan fingerprint density at radius 3 is 2.95 bits per heavy atom. The molecule has 19 heavy (non-hydrogen) atoms.